The molecule has 3 rings (SSSR count). The van der Waals surface area contributed by atoms with E-state index in [9.17, 15) is 9.59 Å². The normalized spacial score (nSPS) is 14.5. The molecular weight excluding hydrogens is 572 g/mol. The van der Waals surface area contributed by atoms with Crippen molar-refractivity contribution in [2.24, 2.45) is 10.7 Å². The van der Waals surface area contributed by atoms with Gasteiger partial charge < -0.3 is 15.2 Å². The molecule has 0 fully saturated rings. The Bertz CT molecular complexity index is 1400. The monoisotopic (exact) mass is 620 g/mol. The molecule has 7 heteroatoms. The molecule has 0 spiro atoms. The number of hydrogen-bond donors (Lipinski definition) is 1. The van der Waals surface area contributed by atoms with Crippen molar-refractivity contribution in [1.29, 1.82) is 0 Å². The van der Waals surface area contributed by atoms with E-state index in [2.05, 4.69) is 4.99 Å². The van der Waals surface area contributed by atoms with Gasteiger partial charge in [-0.2, -0.15) is 0 Å². The molecule has 2 N–H and O–H groups in total. The SMILES string of the molecule is Cc1ccc(C[C@](C)(N)C(=O)OC(C)(C)C)cc1.Cc1ccc(C[C@](C)(N=Cc2ccc(Cl)cc2)C(=O)OC(C)(C)C)cc1. The van der Waals surface area contributed by atoms with Gasteiger partial charge >= 0.3 is 11.9 Å². The Morgan fingerprint density at radius 1 is 0.682 bits per heavy atom. The van der Waals surface area contributed by atoms with Crippen molar-refractivity contribution in [2.75, 3.05) is 0 Å². The van der Waals surface area contributed by atoms with Gasteiger partial charge in [-0.1, -0.05) is 83.4 Å². The van der Waals surface area contributed by atoms with Gasteiger partial charge in [0.1, 0.15) is 16.7 Å². The molecule has 238 valence electrons. The number of nitrogens with zero attached hydrogens (tertiary/aromatic N) is 1. The van der Waals surface area contributed by atoms with Gasteiger partial charge in [-0.25, -0.2) is 4.79 Å². The highest BCUT2D eigenvalue weighted by molar-refractivity contribution is 6.30. The largest absolute Gasteiger partial charge is 0.459 e. The first kappa shape index (κ1) is 36.7. The molecule has 0 aliphatic carbocycles. The molecule has 44 heavy (non-hydrogen) atoms. The Labute approximate surface area is 269 Å². The number of aliphatic imine (C=N–C) groups is 1. The minimum absolute atomic E-state index is 0.337. The summed E-state index contributed by atoms with van der Waals surface area (Å²) in [5.41, 5.74) is 8.30. The number of hydrogen-bond acceptors (Lipinski definition) is 6. The number of rotatable bonds is 8. The van der Waals surface area contributed by atoms with Crippen molar-refractivity contribution in [3.8, 4) is 0 Å². The van der Waals surface area contributed by atoms with Crippen LogP contribution in [-0.2, 0) is 31.9 Å². The first-order valence-electron chi connectivity index (χ1n) is 14.9. The predicted molar refractivity (Wildman–Crippen MR) is 181 cm³/mol. The van der Waals surface area contributed by atoms with Crippen LogP contribution >= 0.6 is 11.6 Å². The maximum Gasteiger partial charge on any atom is 0.334 e. The van der Waals surface area contributed by atoms with Gasteiger partial charge in [0.25, 0.3) is 0 Å². The second-order valence-electron chi connectivity index (χ2n) is 13.8. The molecule has 0 heterocycles. The van der Waals surface area contributed by atoms with E-state index < -0.39 is 22.3 Å². The van der Waals surface area contributed by atoms with Gasteiger partial charge in [-0.05, 0) is 98.1 Å². The lowest BCUT2D eigenvalue weighted by Crippen LogP contribution is -2.50. The zero-order valence-corrected chi connectivity index (χ0v) is 28.7. The summed E-state index contributed by atoms with van der Waals surface area (Å²) in [6.45, 7) is 18.7. The number of benzene rings is 3. The van der Waals surface area contributed by atoms with Gasteiger partial charge in [0.05, 0.1) is 0 Å². The Hall–Kier alpha value is -3.48. The molecule has 0 radical (unpaired) electrons. The summed E-state index contributed by atoms with van der Waals surface area (Å²) >= 11 is 5.93. The third-order valence-corrected chi connectivity index (χ3v) is 6.69. The van der Waals surface area contributed by atoms with Gasteiger partial charge in [0.2, 0.25) is 0 Å². The minimum Gasteiger partial charge on any atom is -0.459 e. The fourth-order valence-electron chi connectivity index (χ4n) is 4.02. The Kier molecular flexibility index (Phi) is 12.5. The van der Waals surface area contributed by atoms with Crippen LogP contribution in [0.15, 0.2) is 77.8 Å². The molecule has 2 atom stereocenters. The zero-order chi connectivity index (χ0) is 33.3. The summed E-state index contributed by atoms with van der Waals surface area (Å²) in [4.78, 5) is 29.5. The van der Waals surface area contributed by atoms with Crippen LogP contribution in [0.25, 0.3) is 0 Å². The summed E-state index contributed by atoms with van der Waals surface area (Å²) in [5.74, 6) is -0.702. The van der Waals surface area contributed by atoms with E-state index in [1.165, 1.54) is 11.1 Å². The number of halogens is 1. The number of aryl methyl sites for hydroxylation is 2. The van der Waals surface area contributed by atoms with Crippen molar-refractivity contribution in [1.82, 2.24) is 0 Å². The lowest BCUT2D eigenvalue weighted by atomic mass is 9.92. The molecule has 0 aromatic heterocycles. The smallest absolute Gasteiger partial charge is 0.334 e. The Morgan fingerprint density at radius 2 is 1.09 bits per heavy atom. The highest BCUT2D eigenvalue weighted by atomic mass is 35.5. The molecule has 0 saturated carbocycles. The van der Waals surface area contributed by atoms with E-state index >= 15 is 0 Å². The lowest BCUT2D eigenvalue weighted by molar-refractivity contribution is -0.161. The fourth-order valence-corrected chi connectivity index (χ4v) is 4.15. The third-order valence-electron chi connectivity index (χ3n) is 6.43. The first-order valence-corrected chi connectivity index (χ1v) is 15.2. The van der Waals surface area contributed by atoms with Crippen LogP contribution in [-0.4, -0.2) is 40.4 Å². The number of carbonyl (C=O) groups excluding carboxylic acids is 2. The molecule has 0 aliphatic rings. The quantitative estimate of drug-likeness (QED) is 0.203. The van der Waals surface area contributed by atoms with Crippen LogP contribution in [0.5, 0.6) is 0 Å². The molecule has 0 saturated heterocycles. The van der Waals surface area contributed by atoms with Crippen LogP contribution < -0.4 is 5.73 Å². The van der Waals surface area contributed by atoms with E-state index in [0.717, 1.165) is 16.7 Å². The second-order valence-corrected chi connectivity index (χ2v) is 14.3. The maximum absolute atomic E-state index is 12.9. The molecule has 6 nitrogen and oxygen atoms in total. The molecule has 3 aromatic rings. The average molecular weight is 621 g/mol. The highest BCUT2D eigenvalue weighted by Crippen LogP contribution is 2.24. The highest BCUT2D eigenvalue weighted by Gasteiger charge is 2.37. The van der Waals surface area contributed by atoms with E-state index in [1.54, 1.807) is 25.3 Å². The minimum atomic E-state index is -1.01. The number of carbonyl (C=O) groups is 2. The van der Waals surface area contributed by atoms with Crippen LogP contribution in [0.4, 0.5) is 0 Å². The Morgan fingerprint density at radius 3 is 1.52 bits per heavy atom. The second kappa shape index (κ2) is 15.0. The standard InChI is InChI=1S/C22H26ClNO2.C15H23NO2/c1-16-6-8-17(9-7-16)14-22(5,20(25)26-21(2,3)4)24-15-18-10-12-19(23)13-11-18;1-11-6-8-12(9-7-11)10-15(5,16)13(17)18-14(2,3)4/h6-13,15H,14H2,1-5H3;6-9H,10,16H2,1-5H3/t22-;15-/m00/s1. The zero-order valence-electron chi connectivity index (χ0n) is 28.0. The summed E-state index contributed by atoms with van der Waals surface area (Å²) in [7, 11) is 0. The number of nitrogens with two attached hydrogens (primary N) is 1. The van der Waals surface area contributed by atoms with Gasteiger partial charge in [0.15, 0.2) is 5.54 Å². The molecule has 0 bridgehead atoms. The lowest BCUT2D eigenvalue weighted by Gasteiger charge is -2.28. The third kappa shape index (κ3) is 13.0. The summed E-state index contributed by atoms with van der Waals surface area (Å²) in [6, 6.07) is 23.5. The van der Waals surface area contributed by atoms with Gasteiger partial charge in [-0.15, -0.1) is 0 Å². The molecular formula is C37H49ClN2O4. The summed E-state index contributed by atoms with van der Waals surface area (Å²) in [5, 5.41) is 0.664. The Balaban J connectivity index is 0.000000329. The van der Waals surface area contributed by atoms with Crippen LogP contribution in [0.1, 0.15) is 83.2 Å². The van der Waals surface area contributed by atoms with Crippen molar-refractivity contribution in [2.45, 2.75) is 104 Å². The van der Waals surface area contributed by atoms with Crippen LogP contribution in [0, 0.1) is 13.8 Å². The van der Waals surface area contributed by atoms with E-state index in [4.69, 9.17) is 26.8 Å². The topological polar surface area (TPSA) is 91.0 Å². The average Bonchev–Trinajstić information content (AvgIpc) is 2.89. The predicted octanol–water partition coefficient (Wildman–Crippen LogP) is 8.01. The van der Waals surface area contributed by atoms with Crippen molar-refractivity contribution in [3.63, 3.8) is 0 Å². The summed E-state index contributed by atoms with van der Waals surface area (Å²) < 4.78 is 11.0. The fraction of sp³-hybridized carbons (Fsp3) is 0.432. The molecule has 3 aromatic carbocycles. The van der Waals surface area contributed by atoms with E-state index in [1.807, 2.05) is 123 Å². The van der Waals surface area contributed by atoms with Crippen LogP contribution in [0.2, 0.25) is 5.02 Å². The first-order chi connectivity index (χ1) is 20.2. The van der Waals surface area contributed by atoms with Crippen molar-refractivity contribution in [3.05, 3.63) is 106 Å². The van der Waals surface area contributed by atoms with Gasteiger partial charge in [-0.3, -0.25) is 9.79 Å². The molecule has 0 unspecified atom stereocenters. The maximum atomic E-state index is 12.9. The van der Waals surface area contributed by atoms with Crippen LogP contribution in [0.3, 0.4) is 0 Å². The van der Waals surface area contributed by atoms with Crippen molar-refractivity contribution < 1.29 is 19.1 Å². The molecule has 0 aliphatic heterocycles. The number of ether oxygens (including phenoxy) is 2. The number of esters is 2. The van der Waals surface area contributed by atoms with Crippen molar-refractivity contribution >= 4 is 29.8 Å². The summed E-state index contributed by atoms with van der Waals surface area (Å²) in [6.07, 6.45) is 2.64. The molecule has 0 amide bonds. The van der Waals surface area contributed by atoms with E-state index in [0.29, 0.717) is 17.9 Å². The van der Waals surface area contributed by atoms with E-state index in [-0.39, 0.29) is 11.9 Å². The van der Waals surface area contributed by atoms with Gasteiger partial charge in [0, 0.05) is 24.1 Å².